The van der Waals surface area contributed by atoms with Gasteiger partial charge in [-0.25, -0.2) is 4.90 Å². The van der Waals surface area contributed by atoms with Crippen molar-refractivity contribution >= 4 is 40.7 Å². The molecule has 3 fully saturated rings. The summed E-state index contributed by atoms with van der Waals surface area (Å²) in [5.41, 5.74) is 2.70. The van der Waals surface area contributed by atoms with E-state index in [4.69, 9.17) is 11.6 Å². The predicted molar refractivity (Wildman–Crippen MR) is 117 cm³/mol. The topological polar surface area (TPSA) is 69.7 Å². The van der Waals surface area contributed by atoms with Gasteiger partial charge in [0.05, 0.1) is 23.2 Å². The lowest BCUT2D eigenvalue weighted by Gasteiger charge is -2.36. The molecule has 0 saturated carbocycles. The molecule has 3 amide bonds. The van der Waals surface area contributed by atoms with E-state index < -0.39 is 17.4 Å². The number of nitrogens with zero attached hydrogens (tertiary/aromatic N) is 2. The fraction of sp³-hybridized carbons (Fsp3) is 0.375. The normalized spacial score (nSPS) is 31.4. The number of benzene rings is 2. The van der Waals surface area contributed by atoms with Crippen LogP contribution in [0.15, 0.2) is 36.4 Å². The van der Waals surface area contributed by atoms with Crippen LogP contribution in [0.25, 0.3) is 0 Å². The zero-order chi connectivity index (χ0) is 21.7. The van der Waals surface area contributed by atoms with E-state index in [1.54, 1.807) is 18.2 Å². The van der Waals surface area contributed by atoms with Crippen LogP contribution in [0.3, 0.4) is 0 Å². The van der Waals surface area contributed by atoms with Crippen LogP contribution < -0.4 is 10.2 Å². The molecule has 0 aliphatic carbocycles. The Morgan fingerprint density at radius 1 is 1.03 bits per heavy atom. The maximum atomic E-state index is 13.9. The fourth-order valence-corrected chi connectivity index (χ4v) is 6.50. The molecule has 1 spiro atoms. The lowest BCUT2D eigenvalue weighted by Crippen LogP contribution is -2.54. The Morgan fingerprint density at radius 3 is 2.52 bits per heavy atom. The quantitative estimate of drug-likeness (QED) is 0.697. The highest BCUT2D eigenvalue weighted by molar-refractivity contribution is 6.32. The van der Waals surface area contributed by atoms with Crippen molar-refractivity contribution in [1.29, 1.82) is 0 Å². The molecule has 0 radical (unpaired) electrons. The van der Waals surface area contributed by atoms with Crippen LogP contribution in [0, 0.1) is 25.7 Å². The molecule has 0 unspecified atom stereocenters. The Hall–Kier alpha value is -2.70. The monoisotopic (exact) mass is 435 g/mol. The lowest BCUT2D eigenvalue weighted by molar-refractivity contribution is -0.135. The Kier molecular flexibility index (Phi) is 3.79. The highest BCUT2D eigenvalue weighted by atomic mass is 35.5. The zero-order valence-electron chi connectivity index (χ0n) is 17.3. The smallest absolute Gasteiger partial charge is 0.250 e. The number of nitrogens with one attached hydrogen (secondary N) is 1. The number of carbonyl (C=O) groups is 3. The molecule has 3 saturated heterocycles. The van der Waals surface area contributed by atoms with Gasteiger partial charge in [0.15, 0.2) is 0 Å². The van der Waals surface area contributed by atoms with E-state index in [2.05, 4.69) is 10.2 Å². The van der Waals surface area contributed by atoms with E-state index in [0.29, 0.717) is 22.9 Å². The largest absolute Gasteiger partial charge is 0.324 e. The number of amides is 3. The van der Waals surface area contributed by atoms with Crippen molar-refractivity contribution in [2.75, 3.05) is 16.8 Å². The molecule has 4 aliphatic rings. The lowest BCUT2D eigenvalue weighted by atomic mass is 9.75. The van der Waals surface area contributed by atoms with E-state index in [1.807, 2.05) is 32.0 Å². The number of anilines is 2. The zero-order valence-corrected chi connectivity index (χ0v) is 18.1. The minimum absolute atomic E-state index is 0.121. The number of carbonyl (C=O) groups excluding carboxylic acids is 3. The van der Waals surface area contributed by atoms with E-state index in [0.717, 1.165) is 29.5 Å². The third kappa shape index (κ3) is 2.14. The molecule has 2 aromatic carbocycles. The van der Waals surface area contributed by atoms with Gasteiger partial charge >= 0.3 is 0 Å². The van der Waals surface area contributed by atoms with Gasteiger partial charge in [-0.1, -0.05) is 35.4 Å². The molecule has 4 heterocycles. The molecule has 7 heteroatoms. The van der Waals surface area contributed by atoms with Gasteiger partial charge in [-0.05, 0) is 57.0 Å². The second-order valence-corrected chi connectivity index (χ2v) is 9.48. The van der Waals surface area contributed by atoms with E-state index in [1.165, 1.54) is 4.90 Å². The Balaban J connectivity index is 1.56. The van der Waals surface area contributed by atoms with Crippen molar-refractivity contribution < 1.29 is 14.4 Å². The molecule has 6 nitrogen and oxygen atoms in total. The number of rotatable bonds is 1. The first kappa shape index (κ1) is 19.0. The average Bonchev–Trinajstić information content (AvgIpc) is 3.45. The third-order valence-electron chi connectivity index (χ3n) is 7.65. The van der Waals surface area contributed by atoms with Crippen molar-refractivity contribution in [3.05, 3.63) is 58.1 Å². The van der Waals surface area contributed by atoms with Crippen molar-refractivity contribution in [2.24, 2.45) is 11.8 Å². The molecule has 4 aliphatic heterocycles. The summed E-state index contributed by atoms with van der Waals surface area (Å²) in [5.74, 6) is -1.97. The van der Waals surface area contributed by atoms with E-state index in [-0.39, 0.29) is 23.8 Å². The summed E-state index contributed by atoms with van der Waals surface area (Å²) in [6, 6.07) is 10.9. The molecule has 0 bridgehead atoms. The van der Waals surface area contributed by atoms with E-state index in [9.17, 15) is 14.4 Å². The summed E-state index contributed by atoms with van der Waals surface area (Å²) >= 11 is 6.33. The van der Waals surface area contributed by atoms with Crippen molar-refractivity contribution in [3.8, 4) is 0 Å². The number of imide groups is 1. The van der Waals surface area contributed by atoms with Crippen LogP contribution in [-0.4, -0.2) is 35.2 Å². The summed E-state index contributed by atoms with van der Waals surface area (Å²) < 4.78 is 0. The Bertz CT molecular complexity index is 1180. The van der Waals surface area contributed by atoms with Gasteiger partial charge in [-0.3, -0.25) is 19.3 Å². The first-order chi connectivity index (χ1) is 14.9. The predicted octanol–water partition coefficient (Wildman–Crippen LogP) is 3.39. The molecule has 0 aromatic heterocycles. The van der Waals surface area contributed by atoms with Crippen molar-refractivity contribution in [2.45, 2.75) is 38.3 Å². The summed E-state index contributed by atoms with van der Waals surface area (Å²) in [6.07, 6.45) is 1.70. The fourth-order valence-electron chi connectivity index (χ4n) is 6.34. The molecule has 2 aromatic rings. The van der Waals surface area contributed by atoms with Crippen LogP contribution in [-0.2, 0) is 19.9 Å². The Morgan fingerprint density at radius 2 is 1.77 bits per heavy atom. The number of halogens is 1. The highest BCUT2D eigenvalue weighted by Gasteiger charge is 2.74. The van der Waals surface area contributed by atoms with Gasteiger partial charge in [0.25, 0.3) is 0 Å². The van der Waals surface area contributed by atoms with Crippen LogP contribution in [0.5, 0.6) is 0 Å². The molecule has 1 N–H and O–H groups in total. The van der Waals surface area contributed by atoms with Gasteiger partial charge < -0.3 is 5.32 Å². The summed E-state index contributed by atoms with van der Waals surface area (Å²) in [6.45, 7) is 4.52. The number of fused-ring (bicyclic) bond motifs is 7. The van der Waals surface area contributed by atoms with Crippen LogP contribution >= 0.6 is 11.6 Å². The third-order valence-corrected chi connectivity index (χ3v) is 8.06. The van der Waals surface area contributed by atoms with Crippen molar-refractivity contribution in [3.63, 3.8) is 0 Å². The molecule has 4 atom stereocenters. The van der Waals surface area contributed by atoms with Gasteiger partial charge in [0, 0.05) is 16.6 Å². The molecular weight excluding hydrogens is 414 g/mol. The minimum Gasteiger partial charge on any atom is -0.324 e. The molecule has 6 rings (SSSR count). The van der Waals surface area contributed by atoms with Gasteiger partial charge in [0.2, 0.25) is 17.7 Å². The van der Waals surface area contributed by atoms with Crippen LogP contribution in [0.1, 0.15) is 29.5 Å². The number of hydrogen-bond acceptors (Lipinski definition) is 4. The number of aryl methyl sites for hydroxylation is 1. The Labute approximate surface area is 185 Å². The SMILES string of the molecule is Cc1ccc(N2C(=O)[C@@H]3[C@@H](C2=O)[C@]2(C(=O)Nc4c2ccc(Cl)c4C)N2CCC[C@@H]32)cc1. The first-order valence-electron chi connectivity index (χ1n) is 10.7. The maximum absolute atomic E-state index is 13.9. The average molecular weight is 436 g/mol. The second-order valence-electron chi connectivity index (χ2n) is 9.07. The molecule has 31 heavy (non-hydrogen) atoms. The van der Waals surface area contributed by atoms with Gasteiger partial charge in [0.1, 0.15) is 5.54 Å². The van der Waals surface area contributed by atoms with Gasteiger partial charge in [-0.2, -0.15) is 0 Å². The van der Waals surface area contributed by atoms with E-state index >= 15 is 0 Å². The number of hydrogen-bond donors (Lipinski definition) is 1. The maximum Gasteiger partial charge on any atom is 0.250 e. The highest BCUT2D eigenvalue weighted by Crippen LogP contribution is 2.61. The summed E-state index contributed by atoms with van der Waals surface area (Å²) in [7, 11) is 0. The van der Waals surface area contributed by atoms with Crippen LogP contribution in [0.2, 0.25) is 5.02 Å². The second kappa shape index (κ2) is 6.17. The summed E-state index contributed by atoms with van der Waals surface area (Å²) in [5, 5.41) is 3.58. The van der Waals surface area contributed by atoms with Crippen LogP contribution in [0.4, 0.5) is 11.4 Å². The minimum atomic E-state index is -1.16. The van der Waals surface area contributed by atoms with Gasteiger partial charge in [-0.15, -0.1) is 0 Å². The standard InChI is InChI=1S/C24H22ClN3O3/c1-12-5-7-14(8-6-12)28-21(29)18-17-4-3-11-27(17)24(19(18)22(28)30)15-9-10-16(25)13(2)20(15)26-23(24)31/h5-10,17-19H,3-4,11H2,1-2H3,(H,26,31)/t17-,18-,19-,24+/m0/s1. The summed E-state index contributed by atoms with van der Waals surface area (Å²) in [4.78, 5) is 44.6. The van der Waals surface area contributed by atoms with Crippen molar-refractivity contribution in [1.82, 2.24) is 4.90 Å². The molecule has 158 valence electrons. The molecular formula is C24H22ClN3O3. The first-order valence-corrected chi connectivity index (χ1v) is 11.1.